The van der Waals surface area contributed by atoms with Crippen LogP contribution in [0.5, 0.6) is 0 Å². The van der Waals surface area contributed by atoms with Crippen LogP contribution in [0.1, 0.15) is 38.5 Å². The topological polar surface area (TPSA) is 46.5 Å². The molecular formula is C16H24O3. The van der Waals surface area contributed by atoms with Crippen LogP contribution in [-0.4, -0.2) is 24.8 Å². The molecule has 1 atom stereocenters. The van der Waals surface area contributed by atoms with Crippen molar-refractivity contribution in [3.05, 3.63) is 36.0 Å². The molecule has 1 rings (SSSR count). The van der Waals surface area contributed by atoms with Crippen molar-refractivity contribution in [1.29, 1.82) is 0 Å². The van der Waals surface area contributed by atoms with Gasteiger partial charge in [0, 0.05) is 12.7 Å². The third-order valence-electron chi connectivity index (χ3n) is 3.26. The average molecular weight is 264 g/mol. The van der Waals surface area contributed by atoms with E-state index in [1.54, 1.807) is 0 Å². The number of unbranched alkanes of at least 4 members (excludes halogenated alkanes) is 3. The molecule has 0 heterocycles. The molecule has 0 radical (unpaired) electrons. The molecule has 0 fully saturated rings. The number of hydrogen-bond donors (Lipinski definition) is 1. The lowest BCUT2D eigenvalue weighted by Crippen LogP contribution is -2.00. The van der Waals surface area contributed by atoms with E-state index in [0.717, 1.165) is 25.7 Å². The Kier molecular flexibility index (Phi) is 7.91. The minimum absolute atomic E-state index is 0.299. The van der Waals surface area contributed by atoms with Gasteiger partial charge in [-0.1, -0.05) is 42.7 Å². The Morgan fingerprint density at radius 1 is 1.42 bits per heavy atom. The number of allylic oxidation sites excluding steroid dienone is 5. The van der Waals surface area contributed by atoms with Gasteiger partial charge in [-0.3, -0.25) is 0 Å². The van der Waals surface area contributed by atoms with Gasteiger partial charge in [-0.15, -0.1) is 0 Å². The molecule has 1 aliphatic rings. The quantitative estimate of drug-likeness (QED) is 0.416. The minimum Gasteiger partial charge on any atom is -0.466 e. The van der Waals surface area contributed by atoms with E-state index in [2.05, 4.69) is 23.0 Å². The highest BCUT2D eigenvalue weighted by Gasteiger charge is 2.06. The Bertz CT molecular complexity index is 353. The maximum absolute atomic E-state index is 11.0. The Labute approximate surface area is 115 Å². The van der Waals surface area contributed by atoms with Gasteiger partial charge in [0.25, 0.3) is 0 Å². The molecule has 0 saturated heterocycles. The van der Waals surface area contributed by atoms with Crippen molar-refractivity contribution in [2.45, 2.75) is 38.5 Å². The van der Waals surface area contributed by atoms with Crippen molar-refractivity contribution >= 4 is 5.97 Å². The number of aliphatic hydroxyl groups excluding tert-OH is 1. The molecule has 0 aromatic rings. The Hall–Kier alpha value is -1.35. The summed E-state index contributed by atoms with van der Waals surface area (Å²) >= 11 is 0. The van der Waals surface area contributed by atoms with E-state index in [1.807, 2.05) is 6.08 Å². The van der Waals surface area contributed by atoms with Gasteiger partial charge in [0.1, 0.15) is 0 Å². The summed E-state index contributed by atoms with van der Waals surface area (Å²) in [7, 11) is 1.39. The van der Waals surface area contributed by atoms with E-state index >= 15 is 0 Å². The number of hydrogen-bond acceptors (Lipinski definition) is 3. The van der Waals surface area contributed by atoms with E-state index in [9.17, 15) is 4.79 Å². The van der Waals surface area contributed by atoms with Crippen molar-refractivity contribution in [2.24, 2.45) is 5.92 Å². The lowest BCUT2D eigenvalue weighted by molar-refractivity contribution is -0.134. The van der Waals surface area contributed by atoms with Crippen LogP contribution in [0.15, 0.2) is 36.0 Å². The van der Waals surface area contributed by atoms with E-state index in [4.69, 9.17) is 5.11 Å². The molecular weight excluding hydrogens is 240 g/mol. The number of esters is 1. The van der Waals surface area contributed by atoms with Crippen molar-refractivity contribution < 1.29 is 14.6 Å². The molecule has 3 nitrogen and oxygen atoms in total. The molecule has 0 aromatic carbocycles. The van der Waals surface area contributed by atoms with Crippen LogP contribution in [0.25, 0.3) is 0 Å². The predicted molar refractivity (Wildman–Crippen MR) is 76.7 cm³/mol. The summed E-state index contributed by atoms with van der Waals surface area (Å²) in [4.78, 5) is 11.0. The van der Waals surface area contributed by atoms with Gasteiger partial charge < -0.3 is 9.84 Å². The molecule has 1 N–H and O–H groups in total. The van der Waals surface area contributed by atoms with Gasteiger partial charge in [-0.05, 0) is 31.6 Å². The highest BCUT2D eigenvalue weighted by atomic mass is 16.5. The SMILES string of the molecule is COC(=O)C=CC1C=CC(CCCCCCO)=CC1. The smallest absolute Gasteiger partial charge is 0.330 e. The van der Waals surface area contributed by atoms with Crippen LogP contribution < -0.4 is 0 Å². The normalized spacial score (nSPS) is 18.6. The zero-order valence-corrected chi connectivity index (χ0v) is 11.7. The molecule has 0 bridgehead atoms. The van der Waals surface area contributed by atoms with Gasteiger partial charge >= 0.3 is 5.97 Å². The molecule has 19 heavy (non-hydrogen) atoms. The Balaban J connectivity index is 2.21. The molecule has 1 unspecified atom stereocenters. The summed E-state index contributed by atoms with van der Waals surface area (Å²) in [5, 5.41) is 8.69. The van der Waals surface area contributed by atoms with Crippen LogP contribution >= 0.6 is 0 Å². The molecule has 3 heteroatoms. The fraction of sp³-hybridized carbons (Fsp3) is 0.562. The summed E-state index contributed by atoms with van der Waals surface area (Å²) in [6.07, 6.45) is 16.4. The van der Waals surface area contributed by atoms with E-state index in [-0.39, 0.29) is 5.97 Å². The first kappa shape index (κ1) is 15.7. The van der Waals surface area contributed by atoms with Gasteiger partial charge in [0.2, 0.25) is 0 Å². The van der Waals surface area contributed by atoms with Crippen molar-refractivity contribution in [3.8, 4) is 0 Å². The number of ether oxygens (including phenoxy) is 1. The maximum Gasteiger partial charge on any atom is 0.330 e. The number of carbonyl (C=O) groups is 1. The number of methoxy groups -OCH3 is 1. The van der Waals surface area contributed by atoms with Crippen LogP contribution in [-0.2, 0) is 9.53 Å². The maximum atomic E-state index is 11.0. The lowest BCUT2D eigenvalue weighted by Gasteiger charge is -2.12. The molecule has 106 valence electrons. The van der Waals surface area contributed by atoms with Crippen LogP contribution in [0, 0.1) is 5.92 Å². The van der Waals surface area contributed by atoms with Crippen molar-refractivity contribution in [1.82, 2.24) is 0 Å². The van der Waals surface area contributed by atoms with E-state index in [1.165, 1.54) is 31.6 Å². The van der Waals surface area contributed by atoms with Crippen molar-refractivity contribution in [3.63, 3.8) is 0 Å². The molecule has 0 aliphatic heterocycles. The van der Waals surface area contributed by atoms with Crippen molar-refractivity contribution in [2.75, 3.05) is 13.7 Å². The first-order valence-corrected chi connectivity index (χ1v) is 7.00. The number of aliphatic hydroxyl groups is 1. The summed E-state index contributed by atoms with van der Waals surface area (Å²) in [6.45, 7) is 0.302. The fourth-order valence-corrected chi connectivity index (χ4v) is 2.07. The molecule has 1 aliphatic carbocycles. The monoisotopic (exact) mass is 264 g/mol. The minimum atomic E-state index is -0.299. The predicted octanol–water partition coefficient (Wildman–Crippen LogP) is 3.16. The van der Waals surface area contributed by atoms with Gasteiger partial charge in [0.15, 0.2) is 0 Å². The largest absolute Gasteiger partial charge is 0.466 e. The standard InChI is InChI=1S/C16H24O3/c1-19-16(18)12-11-15-9-7-14(8-10-15)6-4-2-3-5-13-17/h7-9,11-12,15,17H,2-6,10,13H2,1H3. The lowest BCUT2D eigenvalue weighted by atomic mass is 9.93. The zero-order valence-electron chi connectivity index (χ0n) is 11.7. The second kappa shape index (κ2) is 9.56. The zero-order chi connectivity index (χ0) is 13.9. The third-order valence-corrected chi connectivity index (χ3v) is 3.26. The van der Waals surface area contributed by atoms with Crippen LogP contribution in [0.3, 0.4) is 0 Å². The molecule has 0 aromatic heterocycles. The average Bonchev–Trinajstić information content (AvgIpc) is 2.45. The summed E-state index contributed by atoms with van der Waals surface area (Å²) in [5.74, 6) is 0.00398. The first-order valence-electron chi connectivity index (χ1n) is 7.00. The molecule has 0 amide bonds. The van der Waals surface area contributed by atoms with Gasteiger partial charge in [0.05, 0.1) is 7.11 Å². The fourth-order valence-electron chi connectivity index (χ4n) is 2.07. The van der Waals surface area contributed by atoms with Gasteiger partial charge in [-0.25, -0.2) is 4.79 Å². The molecule has 0 spiro atoms. The molecule has 0 saturated carbocycles. The first-order chi connectivity index (χ1) is 9.26. The summed E-state index contributed by atoms with van der Waals surface area (Å²) in [6, 6.07) is 0. The van der Waals surface area contributed by atoms with Gasteiger partial charge in [-0.2, -0.15) is 0 Å². The summed E-state index contributed by atoms with van der Waals surface area (Å²) in [5.41, 5.74) is 1.38. The van der Waals surface area contributed by atoms with Crippen LogP contribution in [0.2, 0.25) is 0 Å². The van der Waals surface area contributed by atoms with E-state index in [0.29, 0.717) is 12.5 Å². The van der Waals surface area contributed by atoms with E-state index < -0.39 is 0 Å². The second-order valence-electron chi connectivity index (χ2n) is 4.81. The highest BCUT2D eigenvalue weighted by Crippen LogP contribution is 2.21. The number of rotatable bonds is 8. The second-order valence-corrected chi connectivity index (χ2v) is 4.81. The highest BCUT2D eigenvalue weighted by molar-refractivity contribution is 5.81. The van der Waals surface area contributed by atoms with Crippen LogP contribution in [0.4, 0.5) is 0 Å². The third kappa shape index (κ3) is 6.97. The number of carbonyl (C=O) groups excluding carboxylic acids is 1. The summed E-state index contributed by atoms with van der Waals surface area (Å²) < 4.78 is 4.56. The Morgan fingerprint density at radius 3 is 2.84 bits per heavy atom. The Morgan fingerprint density at radius 2 is 2.21 bits per heavy atom.